The van der Waals surface area contributed by atoms with Crippen LogP contribution in [0.15, 0.2) is 109 Å². The molecule has 2 unspecified atom stereocenters. The standard InChI is InChI=1S/C54H91NO3/c1-3-5-7-9-11-13-15-17-19-21-23-25-26-27-28-30-31-33-35-37-39-41-43-45-47-49-53(57)52(51-56)55-54(58)50-48-46-44-42-40-38-36-34-32-29-24-22-20-18-16-14-12-10-8-6-4-2/h6,8,12,14,18,20,24,29,31,33-34,36,39-42,47,49,52-53,56-57H,3-5,7,9-11,13,15-17,19,21-23,25-28,30,32,35,37-38,43-46,48,50-51H2,1-2H3,(H,55,58)/b8-6-,14-12-,20-18-,29-24-,33-31+,36-34-,41-39+,42-40-,49-47+. The van der Waals surface area contributed by atoms with Crippen molar-refractivity contribution in [1.82, 2.24) is 5.32 Å². The lowest BCUT2D eigenvalue weighted by atomic mass is 10.0. The molecule has 0 radical (unpaired) electrons. The summed E-state index contributed by atoms with van der Waals surface area (Å²) in [7, 11) is 0. The first-order chi connectivity index (χ1) is 28.7. The van der Waals surface area contributed by atoms with Gasteiger partial charge in [0.05, 0.1) is 18.8 Å². The van der Waals surface area contributed by atoms with Gasteiger partial charge in [0.25, 0.3) is 0 Å². The van der Waals surface area contributed by atoms with Gasteiger partial charge < -0.3 is 15.5 Å². The third-order valence-electron chi connectivity index (χ3n) is 10.2. The van der Waals surface area contributed by atoms with Crippen molar-refractivity contribution in [3.8, 4) is 0 Å². The number of unbranched alkanes of at least 4 members (excludes halogenated alkanes) is 19. The van der Waals surface area contributed by atoms with Crippen LogP contribution < -0.4 is 5.32 Å². The first-order valence-corrected chi connectivity index (χ1v) is 24.1. The average Bonchev–Trinajstić information content (AvgIpc) is 3.23. The molecule has 0 aliphatic heterocycles. The van der Waals surface area contributed by atoms with Crippen molar-refractivity contribution in [3.63, 3.8) is 0 Å². The Morgan fingerprint density at radius 1 is 0.431 bits per heavy atom. The molecule has 1 amide bonds. The Labute approximate surface area is 359 Å². The fraction of sp³-hybridized carbons (Fsp3) is 0.648. The zero-order chi connectivity index (χ0) is 42.1. The molecule has 0 saturated heterocycles. The van der Waals surface area contributed by atoms with Crippen LogP contribution in [0.1, 0.15) is 206 Å². The van der Waals surface area contributed by atoms with E-state index in [9.17, 15) is 15.0 Å². The number of nitrogens with one attached hydrogen (secondary N) is 1. The van der Waals surface area contributed by atoms with Crippen LogP contribution in [0.2, 0.25) is 0 Å². The minimum absolute atomic E-state index is 0.124. The van der Waals surface area contributed by atoms with E-state index < -0.39 is 12.1 Å². The van der Waals surface area contributed by atoms with Gasteiger partial charge in [-0.1, -0.05) is 213 Å². The van der Waals surface area contributed by atoms with Crippen molar-refractivity contribution in [2.45, 2.75) is 219 Å². The molecule has 58 heavy (non-hydrogen) atoms. The number of aliphatic hydroxyl groups excluding tert-OH is 2. The molecule has 2 atom stereocenters. The minimum Gasteiger partial charge on any atom is -0.394 e. The van der Waals surface area contributed by atoms with E-state index in [1.165, 1.54) is 103 Å². The van der Waals surface area contributed by atoms with E-state index in [0.29, 0.717) is 6.42 Å². The van der Waals surface area contributed by atoms with E-state index in [0.717, 1.165) is 83.5 Å². The highest BCUT2D eigenvalue weighted by atomic mass is 16.3. The molecule has 0 aliphatic carbocycles. The van der Waals surface area contributed by atoms with Gasteiger partial charge >= 0.3 is 0 Å². The number of amides is 1. The topological polar surface area (TPSA) is 69.6 Å². The van der Waals surface area contributed by atoms with Crippen LogP contribution in [0.25, 0.3) is 0 Å². The first-order valence-electron chi connectivity index (χ1n) is 24.1. The third kappa shape index (κ3) is 44.2. The van der Waals surface area contributed by atoms with E-state index in [2.05, 4.69) is 116 Å². The Morgan fingerprint density at radius 2 is 0.776 bits per heavy atom. The highest BCUT2D eigenvalue weighted by Crippen LogP contribution is 2.14. The normalized spacial score (nSPS) is 13.9. The number of rotatable bonds is 42. The Morgan fingerprint density at radius 3 is 1.21 bits per heavy atom. The fourth-order valence-corrected chi connectivity index (χ4v) is 6.56. The van der Waals surface area contributed by atoms with Gasteiger partial charge in [0.1, 0.15) is 0 Å². The van der Waals surface area contributed by atoms with Crippen molar-refractivity contribution in [2.75, 3.05) is 6.61 Å². The lowest BCUT2D eigenvalue weighted by molar-refractivity contribution is -0.123. The van der Waals surface area contributed by atoms with E-state index in [1.807, 2.05) is 6.08 Å². The average molecular weight is 802 g/mol. The van der Waals surface area contributed by atoms with Gasteiger partial charge in [-0.25, -0.2) is 0 Å². The molecule has 3 N–H and O–H groups in total. The molecule has 0 saturated carbocycles. The van der Waals surface area contributed by atoms with Gasteiger partial charge in [0, 0.05) is 6.42 Å². The predicted molar refractivity (Wildman–Crippen MR) is 257 cm³/mol. The van der Waals surface area contributed by atoms with Crippen LogP contribution in [0.4, 0.5) is 0 Å². The van der Waals surface area contributed by atoms with E-state index in [1.54, 1.807) is 6.08 Å². The summed E-state index contributed by atoms with van der Waals surface area (Å²) < 4.78 is 0. The summed E-state index contributed by atoms with van der Waals surface area (Å²) in [5.74, 6) is -0.124. The predicted octanol–water partition coefficient (Wildman–Crippen LogP) is 15.6. The number of allylic oxidation sites excluding steroid dienone is 17. The summed E-state index contributed by atoms with van der Waals surface area (Å²) in [5, 5.41) is 23.0. The van der Waals surface area contributed by atoms with Crippen molar-refractivity contribution in [3.05, 3.63) is 109 Å². The van der Waals surface area contributed by atoms with Crippen molar-refractivity contribution in [1.29, 1.82) is 0 Å². The second kappa shape index (κ2) is 48.4. The summed E-state index contributed by atoms with van der Waals surface area (Å²) in [6, 6.07) is -0.677. The molecule has 4 nitrogen and oxygen atoms in total. The monoisotopic (exact) mass is 802 g/mol. The minimum atomic E-state index is -0.897. The van der Waals surface area contributed by atoms with Crippen LogP contribution in [0, 0.1) is 0 Å². The van der Waals surface area contributed by atoms with Gasteiger partial charge in [0.15, 0.2) is 0 Å². The number of carbonyl (C=O) groups is 1. The summed E-state index contributed by atoms with van der Waals surface area (Å²) in [6.45, 7) is 4.16. The SMILES string of the molecule is CC/C=C\C/C=C\C/C=C\C/C=C\C/C=C\C/C=C\CCCCC(=O)NC(CO)C(O)/C=C/CC/C=C/CC/C=C/CCCCCCCCCCCCCCCCC. The van der Waals surface area contributed by atoms with Gasteiger partial charge in [-0.2, -0.15) is 0 Å². The van der Waals surface area contributed by atoms with Crippen LogP contribution in [0.3, 0.4) is 0 Å². The Bertz CT molecular complexity index is 1140. The number of aliphatic hydroxyl groups is 2. The molecular weight excluding hydrogens is 711 g/mol. The van der Waals surface area contributed by atoms with Gasteiger partial charge in [0.2, 0.25) is 5.91 Å². The quantitative estimate of drug-likeness (QED) is 0.0425. The Hall–Kier alpha value is -2.95. The zero-order valence-electron chi connectivity index (χ0n) is 37.8. The van der Waals surface area contributed by atoms with Crippen LogP contribution in [0.5, 0.6) is 0 Å². The van der Waals surface area contributed by atoms with Gasteiger partial charge in [-0.05, 0) is 96.3 Å². The fourth-order valence-electron chi connectivity index (χ4n) is 6.56. The molecule has 4 heteroatoms. The smallest absolute Gasteiger partial charge is 0.220 e. The highest BCUT2D eigenvalue weighted by molar-refractivity contribution is 5.76. The molecule has 0 bridgehead atoms. The maximum absolute atomic E-state index is 12.4. The molecule has 0 spiro atoms. The third-order valence-corrected chi connectivity index (χ3v) is 10.2. The maximum Gasteiger partial charge on any atom is 0.220 e. The second-order valence-corrected chi connectivity index (χ2v) is 15.8. The molecule has 0 rings (SSSR count). The first kappa shape index (κ1) is 55.1. The van der Waals surface area contributed by atoms with E-state index >= 15 is 0 Å². The lowest BCUT2D eigenvalue weighted by Crippen LogP contribution is -2.45. The van der Waals surface area contributed by atoms with Gasteiger partial charge in [-0.15, -0.1) is 0 Å². The van der Waals surface area contributed by atoms with E-state index in [-0.39, 0.29) is 12.5 Å². The molecule has 0 fully saturated rings. The summed E-state index contributed by atoms with van der Waals surface area (Å²) in [6.07, 6.45) is 73.6. The van der Waals surface area contributed by atoms with Crippen LogP contribution in [-0.2, 0) is 4.79 Å². The number of hydrogen-bond acceptors (Lipinski definition) is 3. The number of hydrogen-bond donors (Lipinski definition) is 3. The second-order valence-electron chi connectivity index (χ2n) is 15.8. The van der Waals surface area contributed by atoms with Crippen molar-refractivity contribution < 1.29 is 15.0 Å². The summed E-state index contributed by atoms with van der Waals surface area (Å²) in [4.78, 5) is 12.4. The molecule has 0 aromatic rings. The van der Waals surface area contributed by atoms with E-state index in [4.69, 9.17) is 0 Å². The molecule has 0 heterocycles. The molecule has 0 aliphatic rings. The maximum atomic E-state index is 12.4. The lowest BCUT2D eigenvalue weighted by Gasteiger charge is -2.19. The summed E-state index contributed by atoms with van der Waals surface area (Å²) in [5.41, 5.74) is 0. The zero-order valence-corrected chi connectivity index (χ0v) is 37.8. The van der Waals surface area contributed by atoms with Crippen molar-refractivity contribution >= 4 is 5.91 Å². The highest BCUT2D eigenvalue weighted by Gasteiger charge is 2.17. The van der Waals surface area contributed by atoms with Crippen LogP contribution >= 0.6 is 0 Å². The largest absolute Gasteiger partial charge is 0.394 e. The molecule has 0 aromatic heterocycles. The Kier molecular flexibility index (Phi) is 46.0. The number of carbonyl (C=O) groups excluding carboxylic acids is 1. The molecule has 0 aromatic carbocycles. The molecule has 330 valence electrons. The van der Waals surface area contributed by atoms with Crippen LogP contribution in [-0.4, -0.2) is 34.9 Å². The molecular formula is C54H91NO3. The Balaban J connectivity index is 3.74. The van der Waals surface area contributed by atoms with Gasteiger partial charge in [-0.3, -0.25) is 4.79 Å². The van der Waals surface area contributed by atoms with Crippen molar-refractivity contribution in [2.24, 2.45) is 0 Å². The summed E-state index contributed by atoms with van der Waals surface area (Å²) >= 11 is 0.